The molecule has 1 aliphatic rings. The summed E-state index contributed by atoms with van der Waals surface area (Å²) in [6.45, 7) is 0.354. The van der Waals surface area contributed by atoms with Gasteiger partial charge < -0.3 is 0 Å². The Bertz CT molecular complexity index is 752. The molecule has 6 nitrogen and oxygen atoms in total. The molecule has 0 aliphatic carbocycles. The first-order valence-electron chi connectivity index (χ1n) is 6.22. The van der Waals surface area contributed by atoms with Gasteiger partial charge in [-0.3, -0.25) is 9.69 Å². The molecule has 2 aromatic rings. The molecule has 1 aliphatic heterocycles. The van der Waals surface area contributed by atoms with Crippen molar-refractivity contribution >= 4 is 43.7 Å². The van der Waals surface area contributed by atoms with Crippen molar-refractivity contribution in [2.75, 3.05) is 17.2 Å². The highest BCUT2D eigenvalue weighted by atomic mass is 32.2. The molecule has 9 heteroatoms. The van der Waals surface area contributed by atoms with Gasteiger partial charge in [0.1, 0.15) is 0 Å². The largest absolute Gasteiger partial charge is 0.288 e. The van der Waals surface area contributed by atoms with E-state index in [9.17, 15) is 13.2 Å². The summed E-state index contributed by atoms with van der Waals surface area (Å²) in [4.78, 5) is 19.1. The number of nitrogens with two attached hydrogens (primary N) is 1. The van der Waals surface area contributed by atoms with Crippen LogP contribution in [0.2, 0.25) is 0 Å². The molecule has 0 spiro atoms. The molecule has 1 saturated heterocycles. The standard InChI is InChI=1S/C12H13N3O3S3/c13-21(17,18)7-8-4-11(16)15(5-8)12-14-9(6-20-12)10-2-1-3-19-10/h1-3,6,8H,4-5,7H2,(H2,13,17,18). The van der Waals surface area contributed by atoms with E-state index in [2.05, 4.69) is 4.98 Å². The van der Waals surface area contributed by atoms with Crippen LogP contribution in [0, 0.1) is 5.92 Å². The van der Waals surface area contributed by atoms with Gasteiger partial charge in [0.2, 0.25) is 15.9 Å². The fourth-order valence-corrected chi connectivity index (χ4v) is 4.82. The highest BCUT2D eigenvalue weighted by Crippen LogP contribution is 2.33. The number of thiophene rings is 1. The third kappa shape index (κ3) is 3.31. The van der Waals surface area contributed by atoms with Crippen LogP contribution in [0.15, 0.2) is 22.9 Å². The summed E-state index contributed by atoms with van der Waals surface area (Å²) in [6, 6.07) is 3.92. The van der Waals surface area contributed by atoms with Gasteiger partial charge in [-0.15, -0.1) is 22.7 Å². The minimum atomic E-state index is -3.56. The van der Waals surface area contributed by atoms with Crippen molar-refractivity contribution in [3.8, 4) is 10.6 Å². The van der Waals surface area contributed by atoms with Crippen molar-refractivity contribution in [2.45, 2.75) is 6.42 Å². The number of anilines is 1. The molecule has 0 radical (unpaired) electrons. The molecular formula is C12H13N3O3S3. The minimum absolute atomic E-state index is 0.101. The van der Waals surface area contributed by atoms with E-state index in [4.69, 9.17) is 5.14 Å². The number of rotatable bonds is 4. The summed E-state index contributed by atoms with van der Waals surface area (Å²) in [7, 11) is -3.56. The van der Waals surface area contributed by atoms with Gasteiger partial charge in [0.05, 0.1) is 16.3 Å². The van der Waals surface area contributed by atoms with E-state index in [1.807, 2.05) is 22.9 Å². The van der Waals surface area contributed by atoms with E-state index in [1.165, 1.54) is 11.3 Å². The van der Waals surface area contributed by atoms with E-state index >= 15 is 0 Å². The zero-order chi connectivity index (χ0) is 15.0. The molecule has 0 bridgehead atoms. The molecule has 1 fully saturated rings. The van der Waals surface area contributed by atoms with Crippen molar-refractivity contribution in [3.63, 3.8) is 0 Å². The molecule has 3 rings (SSSR count). The maximum absolute atomic E-state index is 12.0. The van der Waals surface area contributed by atoms with Crippen LogP contribution in [-0.2, 0) is 14.8 Å². The summed E-state index contributed by atoms with van der Waals surface area (Å²) < 4.78 is 22.3. The maximum atomic E-state index is 12.0. The molecule has 21 heavy (non-hydrogen) atoms. The second kappa shape index (κ2) is 5.48. The number of primary sulfonamides is 1. The number of carbonyl (C=O) groups is 1. The van der Waals surface area contributed by atoms with Gasteiger partial charge in [-0.1, -0.05) is 6.07 Å². The first-order chi connectivity index (χ1) is 9.92. The first kappa shape index (κ1) is 14.6. The average Bonchev–Trinajstić information content (AvgIpc) is 3.06. The first-order valence-corrected chi connectivity index (χ1v) is 9.70. The Labute approximate surface area is 130 Å². The Morgan fingerprint density at radius 1 is 1.43 bits per heavy atom. The second-order valence-corrected chi connectivity index (χ2v) is 8.34. The van der Waals surface area contributed by atoms with Crippen molar-refractivity contribution in [1.29, 1.82) is 0 Å². The number of carbonyl (C=O) groups excluding carboxylic acids is 1. The van der Waals surface area contributed by atoms with E-state index < -0.39 is 10.0 Å². The lowest BCUT2D eigenvalue weighted by Gasteiger charge is -2.12. The monoisotopic (exact) mass is 343 g/mol. The van der Waals surface area contributed by atoms with Gasteiger partial charge in [0.25, 0.3) is 0 Å². The van der Waals surface area contributed by atoms with Crippen LogP contribution in [0.25, 0.3) is 10.6 Å². The molecule has 3 heterocycles. The second-order valence-electron chi connectivity index (χ2n) is 4.90. The van der Waals surface area contributed by atoms with Crippen molar-refractivity contribution in [3.05, 3.63) is 22.9 Å². The third-order valence-electron chi connectivity index (χ3n) is 3.17. The number of hydrogen-bond donors (Lipinski definition) is 1. The minimum Gasteiger partial charge on any atom is -0.288 e. The van der Waals surface area contributed by atoms with Crippen LogP contribution in [0.4, 0.5) is 5.13 Å². The molecule has 2 N–H and O–H groups in total. The average molecular weight is 343 g/mol. The summed E-state index contributed by atoms with van der Waals surface area (Å²) in [6.07, 6.45) is 0.199. The van der Waals surface area contributed by atoms with Crippen molar-refractivity contribution < 1.29 is 13.2 Å². The Balaban J connectivity index is 1.77. The number of nitrogens with zero attached hydrogens (tertiary/aromatic N) is 2. The van der Waals surface area contributed by atoms with Gasteiger partial charge in [-0.05, 0) is 11.4 Å². The quantitative estimate of drug-likeness (QED) is 0.910. The van der Waals surface area contributed by atoms with Crippen LogP contribution in [0.3, 0.4) is 0 Å². The fourth-order valence-electron chi connectivity index (χ4n) is 2.33. The highest BCUT2D eigenvalue weighted by molar-refractivity contribution is 7.89. The zero-order valence-electron chi connectivity index (χ0n) is 10.9. The van der Waals surface area contributed by atoms with Crippen LogP contribution >= 0.6 is 22.7 Å². The maximum Gasteiger partial charge on any atom is 0.229 e. The van der Waals surface area contributed by atoms with Gasteiger partial charge in [0.15, 0.2) is 5.13 Å². The van der Waals surface area contributed by atoms with Crippen LogP contribution < -0.4 is 10.0 Å². The van der Waals surface area contributed by atoms with E-state index in [0.29, 0.717) is 11.7 Å². The summed E-state index contributed by atoms with van der Waals surface area (Å²) >= 11 is 2.97. The van der Waals surface area contributed by atoms with Crippen LogP contribution in [0.1, 0.15) is 6.42 Å². The Hall–Kier alpha value is -1.29. The lowest BCUT2D eigenvalue weighted by molar-refractivity contribution is -0.117. The predicted molar refractivity (Wildman–Crippen MR) is 83.9 cm³/mol. The fraction of sp³-hybridized carbons (Fsp3) is 0.333. The van der Waals surface area contributed by atoms with Gasteiger partial charge in [-0.2, -0.15) is 0 Å². The van der Waals surface area contributed by atoms with Gasteiger partial charge >= 0.3 is 0 Å². The molecule has 1 amide bonds. The number of thiazole rings is 1. The van der Waals surface area contributed by atoms with Crippen molar-refractivity contribution in [1.82, 2.24) is 4.98 Å². The summed E-state index contributed by atoms with van der Waals surface area (Å²) in [5.74, 6) is -0.532. The molecule has 0 aromatic carbocycles. The zero-order valence-corrected chi connectivity index (χ0v) is 13.4. The molecule has 112 valence electrons. The lowest BCUT2D eigenvalue weighted by Crippen LogP contribution is -2.27. The highest BCUT2D eigenvalue weighted by Gasteiger charge is 2.34. The third-order valence-corrected chi connectivity index (χ3v) is 5.86. The Morgan fingerprint density at radius 2 is 2.24 bits per heavy atom. The SMILES string of the molecule is NS(=O)(=O)CC1CC(=O)N(c2nc(-c3cccs3)cs2)C1. The van der Waals surface area contributed by atoms with Crippen molar-refractivity contribution in [2.24, 2.45) is 11.1 Å². The Morgan fingerprint density at radius 3 is 2.90 bits per heavy atom. The van der Waals surface area contributed by atoms with Crippen LogP contribution in [-0.4, -0.2) is 31.6 Å². The molecule has 1 unspecified atom stereocenters. The van der Waals surface area contributed by atoms with E-state index in [0.717, 1.165) is 10.6 Å². The normalized spacial score (nSPS) is 19.4. The summed E-state index contributed by atoms with van der Waals surface area (Å²) in [5, 5.41) is 9.53. The topological polar surface area (TPSA) is 93.4 Å². The number of amides is 1. The smallest absolute Gasteiger partial charge is 0.229 e. The lowest BCUT2D eigenvalue weighted by atomic mass is 10.1. The molecule has 2 aromatic heterocycles. The molecular weight excluding hydrogens is 330 g/mol. The predicted octanol–water partition coefficient (Wildman–Crippen LogP) is 1.51. The van der Waals surface area contributed by atoms with E-state index in [-0.39, 0.29) is 24.0 Å². The molecule has 0 saturated carbocycles. The van der Waals surface area contributed by atoms with Crippen LogP contribution in [0.5, 0.6) is 0 Å². The number of hydrogen-bond acceptors (Lipinski definition) is 6. The number of sulfonamides is 1. The van der Waals surface area contributed by atoms with Gasteiger partial charge in [0, 0.05) is 24.3 Å². The Kier molecular flexibility index (Phi) is 3.82. The number of aromatic nitrogens is 1. The molecule has 1 atom stereocenters. The van der Waals surface area contributed by atoms with E-state index in [1.54, 1.807) is 16.2 Å². The van der Waals surface area contributed by atoms with Gasteiger partial charge in [-0.25, -0.2) is 18.5 Å². The summed E-state index contributed by atoms with van der Waals surface area (Å²) in [5.41, 5.74) is 0.840.